The predicted molar refractivity (Wildman–Crippen MR) is 103 cm³/mol. The molecule has 1 aliphatic rings. The average molecular weight is 349 g/mol. The molecule has 0 spiro atoms. The zero-order valence-electron chi connectivity index (χ0n) is 15.2. The molecule has 0 bridgehead atoms. The van der Waals surface area contributed by atoms with Crippen molar-refractivity contribution in [3.63, 3.8) is 0 Å². The van der Waals surface area contributed by atoms with E-state index in [0.29, 0.717) is 11.5 Å². The summed E-state index contributed by atoms with van der Waals surface area (Å²) in [6.45, 7) is 9.36. The Morgan fingerprint density at radius 2 is 1.96 bits per heavy atom. The minimum Gasteiger partial charge on any atom is -0.263 e. The van der Waals surface area contributed by atoms with Crippen LogP contribution in [0, 0.1) is 17.2 Å². The molecule has 1 aliphatic carbocycles. The zero-order valence-corrected chi connectivity index (χ0v) is 16.0. The monoisotopic (exact) mass is 348 g/mol. The van der Waals surface area contributed by atoms with Gasteiger partial charge in [-0.25, -0.2) is 4.39 Å². The van der Waals surface area contributed by atoms with E-state index in [0.717, 1.165) is 31.4 Å². The summed E-state index contributed by atoms with van der Waals surface area (Å²) in [7, 11) is 0. The van der Waals surface area contributed by atoms with Crippen molar-refractivity contribution in [2.24, 2.45) is 5.92 Å². The number of halogens is 1. The van der Waals surface area contributed by atoms with Crippen LogP contribution in [0.3, 0.4) is 0 Å². The van der Waals surface area contributed by atoms with Gasteiger partial charge in [-0.1, -0.05) is 58.2 Å². The van der Waals surface area contributed by atoms with Gasteiger partial charge in [-0.2, -0.15) is 5.26 Å². The van der Waals surface area contributed by atoms with Crippen molar-refractivity contribution in [3.8, 4) is 6.07 Å². The molecule has 0 aliphatic heterocycles. The highest BCUT2D eigenvalue weighted by Crippen LogP contribution is 2.37. The number of nitriles is 1. The fraction of sp³-hybridized carbons (Fsp3) is 0.550. The number of nitrogens with one attached hydrogen (secondary N) is 1. The summed E-state index contributed by atoms with van der Waals surface area (Å²) in [5.74, 6) is 0.453. The zero-order chi connectivity index (χ0) is 17.9. The molecular weight excluding hydrogens is 319 g/mol. The van der Waals surface area contributed by atoms with E-state index < -0.39 is 0 Å². The highest BCUT2D eigenvalue weighted by molar-refractivity contribution is 7.98. The van der Waals surface area contributed by atoms with E-state index in [1.807, 2.05) is 26.0 Å². The quantitative estimate of drug-likeness (QED) is 0.644. The van der Waals surface area contributed by atoms with Gasteiger partial charge in [0.25, 0.3) is 0 Å². The van der Waals surface area contributed by atoms with Crippen molar-refractivity contribution < 1.29 is 4.39 Å². The predicted octanol–water partition coefficient (Wildman–Crippen LogP) is 5.97. The van der Waals surface area contributed by atoms with Crippen LogP contribution in [-0.4, -0.2) is 11.8 Å². The summed E-state index contributed by atoms with van der Waals surface area (Å²) in [6.07, 6.45) is 4.69. The lowest BCUT2D eigenvalue weighted by molar-refractivity contribution is 0.485. The molecule has 2 rings (SSSR count). The molecule has 1 aromatic carbocycles. The second-order valence-electron chi connectivity index (χ2n) is 5.93. The molecule has 3 atom stereocenters. The fourth-order valence-electron chi connectivity index (χ4n) is 2.50. The van der Waals surface area contributed by atoms with Crippen LogP contribution in [-0.2, 0) is 0 Å². The fourth-order valence-corrected chi connectivity index (χ4v) is 3.54. The molecule has 1 N–H and O–H groups in total. The van der Waals surface area contributed by atoms with Gasteiger partial charge in [-0.05, 0) is 42.5 Å². The topological polar surface area (TPSA) is 35.8 Å². The van der Waals surface area contributed by atoms with E-state index in [1.54, 1.807) is 30.2 Å². The standard InChI is InChI=1S/C18H23FN2S.C2H6/c1-3-13(2)12-21-22-16-8-9-17(18(19)10-16)15-6-4-14(11-20)5-7-15;1-2/h4-7,10,13,16-17,21H,3,8-9,12H2,1-2H3;1-2H3. The average Bonchev–Trinajstić information content (AvgIpc) is 2.63. The van der Waals surface area contributed by atoms with Crippen molar-refractivity contribution >= 4 is 11.9 Å². The number of nitrogens with zero attached hydrogens (tertiary/aromatic N) is 1. The molecule has 0 saturated heterocycles. The maximum absolute atomic E-state index is 14.4. The third kappa shape index (κ3) is 6.30. The maximum atomic E-state index is 14.4. The van der Waals surface area contributed by atoms with Gasteiger partial charge in [0.1, 0.15) is 5.83 Å². The summed E-state index contributed by atoms with van der Waals surface area (Å²) in [4.78, 5) is 0. The molecule has 24 heavy (non-hydrogen) atoms. The lowest BCUT2D eigenvalue weighted by Gasteiger charge is -2.25. The Morgan fingerprint density at radius 3 is 2.50 bits per heavy atom. The molecule has 132 valence electrons. The highest BCUT2D eigenvalue weighted by atomic mass is 32.2. The van der Waals surface area contributed by atoms with Gasteiger partial charge >= 0.3 is 0 Å². The first-order valence-corrected chi connectivity index (χ1v) is 9.77. The van der Waals surface area contributed by atoms with E-state index in [1.165, 1.54) is 0 Å². The van der Waals surface area contributed by atoms with Gasteiger partial charge in [0.05, 0.1) is 11.6 Å². The van der Waals surface area contributed by atoms with Gasteiger partial charge in [0.15, 0.2) is 0 Å². The van der Waals surface area contributed by atoms with E-state index in [9.17, 15) is 4.39 Å². The Hall–Kier alpha value is -1.31. The number of hydrogen-bond donors (Lipinski definition) is 1. The van der Waals surface area contributed by atoms with E-state index in [2.05, 4.69) is 24.6 Å². The third-order valence-corrected chi connectivity index (χ3v) is 5.23. The van der Waals surface area contributed by atoms with Gasteiger partial charge < -0.3 is 0 Å². The Morgan fingerprint density at radius 1 is 1.29 bits per heavy atom. The Kier molecular flexibility index (Phi) is 9.75. The van der Waals surface area contributed by atoms with Crippen LogP contribution in [0.25, 0.3) is 0 Å². The van der Waals surface area contributed by atoms with Crippen LogP contribution in [0.4, 0.5) is 4.39 Å². The van der Waals surface area contributed by atoms with Crippen LogP contribution in [0.5, 0.6) is 0 Å². The summed E-state index contributed by atoms with van der Waals surface area (Å²) in [6, 6.07) is 9.35. The van der Waals surface area contributed by atoms with Crippen LogP contribution >= 0.6 is 11.9 Å². The molecule has 1 aromatic rings. The normalized spacial score (nSPS) is 21.1. The Labute approximate surface area is 150 Å². The molecule has 0 radical (unpaired) electrons. The number of hydrogen-bond acceptors (Lipinski definition) is 3. The summed E-state index contributed by atoms with van der Waals surface area (Å²) in [5, 5.41) is 9.03. The first kappa shape index (κ1) is 20.7. The van der Waals surface area contributed by atoms with Crippen LogP contribution < -0.4 is 4.72 Å². The third-order valence-electron chi connectivity index (χ3n) is 4.22. The number of allylic oxidation sites excluding steroid dienone is 1. The molecule has 0 saturated carbocycles. The SMILES string of the molecule is CC.CCC(C)CNSC1C=C(F)C(c2ccc(C#N)cc2)CC1. The minimum absolute atomic E-state index is 0.0428. The molecule has 0 aromatic heterocycles. The number of rotatable bonds is 6. The maximum Gasteiger partial charge on any atom is 0.105 e. The summed E-state index contributed by atoms with van der Waals surface area (Å²) in [5.41, 5.74) is 1.58. The largest absolute Gasteiger partial charge is 0.263 e. The van der Waals surface area contributed by atoms with E-state index in [-0.39, 0.29) is 17.0 Å². The van der Waals surface area contributed by atoms with Crippen molar-refractivity contribution in [1.82, 2.24) is 4.72 Å². The molecule has 0 heterocycles. The van der Waals surface area contributed by atoms with Gasteiger partial charge in [-0.15, -0.1) is 0 Å². The molecule has 0 fully saturated rings. The van der Waals surface area contributed by atoms with Crippen LogP contribution in [0.1, 0.15) is 64.0 Å². The van der Waals surface area contributed by atoms with E-state index >= 15 is 0 Å². The van der Waals surface area contributed by atoms with Crippen molar-refractivity contribution in [2.45, 2.75) is 58.1 Å². The Balaban J connectivity index is 0.00000139. The molecular formula is C20H29FN2S. The summed E-state index contributed by atoms with van der Waals surface area (Å²) >= 11 is 1.64. The van der Waals surface area contributed by atoms with Gasteiger partial charge in [0, 0.05) is 17.7 Å². The second kappa shape index (κ2) is 11.3. The molecule has 4 heteroatoms. The first-order valence-electron chi connectivity index (χ1n) is 8.89. The van der Waals surface area contributed by atoms with Crippen LogP contribution in [0.2, 0.25) is 0 Å². The highest BCUT2D eigenvalue weighted by Gasteiger charge is 2.25. The van der Waals surface area contributed by atoms with Crippen molar-refractivity contribution in [1.29, 1.82) is 5.26 Å². The Bertz CT molecular complexity index is 548. The van der Waals surface area contributed by atoms with Crippen molar-refractivity contribution in [2.75, 3.05) is 6.54 Å². The van der Waals surface area contributed by atoms with Gasteiger partial charge in [-0.3, -0.25) is 4.72 Å². The smallest absolute Gasteiger partial charge is 0.105 e. The molecule has 0 amide bonds. The van der Waals surface area contributed by atoms with E-state index in [4.69, 9.17) is 5.26 Å². The second-order valence-corrected chi connectivity index (χ2v) is 7.06. The number of benzene rings is 1. The van der Waals surface area contributed by atoms with Crippen LogP contribution in [0.15, 0.2) is 36.2 Å². The molecule has 3 unspecified atom stereocenters. The first-order chi connectivity index (χ1) is 11.6. The summed E-state index contributed by atoms with van der Waals surface area (Å²) < 4.78 is 17.7. The van der Waals surface area contributed by atoms with Crippen molar-refractivity contribution in [3.05, 3.63) is 47.3 Å². The molecule has 2 nitrogen and oxygen atoms in total. The lowest BCUT2D eigenvalue weighted by Crippen LogP contribution is -2.20. The van der Waals surface area contributed by atoms with Gasteiger partial charge in [0.2, 0.25) is 0 Å². The minimum atomic E-state index is -0.154. The lowest BCUT2D eigenvalue weighted by atomic mass is 9.88.